The Morgan fingerprint density at radius 1 is 0.903 bits per heavy atom. The average molecular weight is 474 g/mol. The lowest BCUT2D eigenvalue weighted by atomic mass is 10.0. The Bertz CT molecular complexity index is 1300. The van der Waals surface area contributed by atoms with E-state index in [-0.39, 0.29) is 12.4 Å². The fourth-order valence-electron chi connectivity index (χ4n) is 3.33. The van der Waals surface area contributed by atoms with E-state index in [9.17, 15) is 9.59 Å². The summed E-state index contributed by atoms with van der Waals surface area (Å²) >= 11 is 3.46. The van der Waals surface area contributed by atoms with E-state index in [2.05, 4.69) is 28.9 Å². The Labute approximate surface area is 189 Å². The normalized spacial score (nSPS) is 10.8. The quantitative estimate of drug-likeness (QED) is 0.251. The van der Waals surface area contributed by atoms with Gasteiger partial charge in [0.05, 0.1) is 16.8 Å². The van der Waals surface area contributed by atoms with Gasteiger partial charge in [0, 0.05) is 21.0 Å². The number of pyridine rings is 1. The number of hydrogen-bond acceptors (Lipinski definition) is 4. The van der Waals surface area contributed by atoms with Gasteiger partial charge >= 0.3 is 5.97 Å². The van der Waals surface area contributed by atoms with Gasteiger partial charge in [0.25, 0.3) is 0 Å². The number of carbonyl (C=O) groups is 2. The van der Waals surface area contributed by atoms with Crippen LogP contribution in [0, 0.1) is 13.8 Å². The average Bonchev–Trinajstić information content (AvgIpc) is 2.79. The molecule has 0 saturated carbocycles. The number of nitrogens with zero attached hydrogens (tertiary/aromatic N) is 1. The third-order valence-electron chi connectivity index (χ3n) is 5.22. The molecule has 0 saturated heterocycles. The Morgan fingerprint density at radius 3 is 2.42 bits per heavy atom. The second-order valence-corrected chi connectivity index (χ2v) is 8.30. The number of aromatic nitrogens is 1. The van der Waals surface area contributed by atoms with Crippen molar-refractivity contribution in [3.63, 3.8) is 0 Å². The van der Waals surface area contributed by atoms with Gasteiger partial charge in [0.15, 0.2) is 12.4 Å². The van der Waals surface area contributed by atoms with Crippen LogP contribution < -0.4 is 0 Å². The molecule has 4 rings (SSSR count). The van der Waals surface area contributed by atoms with Crippen LogP contribution in [0.25, 0.3) is 22.2 Å². The number of benzene rings is 3. The lowest BCUT2D eigenvalue weighted by Crippen LogP contribution is -2.15. The van der Waals surface area contributed by atoms with Crippen LogP contribution in [0.1, 0.15) is 31.8 Å². The van der Waals surface area contributed by atoms with Gasteiger partial charge in [-0.05, 0) is 55.3 Å². The minimum Gasteiger partial charge on any atom is -0.454 e. The first kappa shape index (κ1) is 20.9. The number of ketones is 1. The van der Waals surface area contributed by atoms with Gasteiger partial charge in [0.1, 0.15) is 0 Å². The van der Waals surface area contributed by atoms with Crippen LogP contribution >= 0.6 is 15.9 Å². The van der Waals surface area contributed by atoms with Crippen molar-refractivity contribution in [2.75, 3.05) is 6.61 Å². The molecule has 0 unspecified atom stereocenters. The Balaban J connectivity index is 1.71. The second-order valence-electron chi connectivity index (χ2n) is 7.38. The molecule has 1 heterocycles. The third kappa shape index (κ3) is 4.57. The molecule has 31 heavy (non-hydrogen) atoms. The van der Waals surface area contributed by atoms with E-state index >= 15 is 0 Å². The number of halogens is 1. The number of carbonyl (C=O) groups excluding carboxylic acids is 2. The summed E-state index contributed by atoms with van der Waals surface area (Å²) < 4.78 is 6.22. The van der Waals surface area contributed by atoms with Gasteiger partial charge < -0.3 is 4.74 Å². The molecule has 1 aromatic heterocycles. The second kappa shape index (κ2) is 8.82. The first-order valence-corrected chi connectivity index (χ1v) is 10.6. The van der Waals surface area contributed by atoms with Gasteiger partial charge in [-0.2, -0.15) is 0 Å². The fourth-order valence-corrected chi connectivity index (χ4v) is 3.69. The van der Waals surface area contributed by atoms with Crippen molar-refractivity contribution in [3.05, 3.63) is 99.5 Å². The Hall–Kier alpha value is -3.31. The van der Waals surface area contributed by atoms with E-state index in [1.165, 1.54) is 5.56 Å². The van der Waals surface area contributed by atoms with Crippen LogP contribution in [0.15, 0.2) is 77.3 Å². The minimum absolute atomic E-state index is 0.247. The molecule has 5 heteroatoms. The van der Waals surface area contributed by atoms with Gasteiger partial charge in [-0.25, -0.2) is 9.78 Å². The number of hydrogen-bond donors (Lipinski definition) is 0. The van der Waals surface area contributed by atoms with E-state index in [4.69, 9.17) is 9.72 Å². The van der Waals surface area contributed by atoms with E-state index in [1.54, 1.807) is 30.3 Å². The van der Waals surface area contributed by atoms with E-state index in [1.807, 2.05) is 43.3 Å². The highest BCUT2D eigenvalue weighted by atomic mass is 79.9. The minimum atomic E-state index is -0.556. The maximum Gasteiger partial charge on any atom is 0.339 e. The molecule has 0 amide bonds. The molecule has 0 spiro atoms. The van der Waals surface area contributed by atoms with Gasteiger partial charge in [-0.3, -0.25) is 4.79 Å². The largest absolute Gasteiger partial charge is 0.454 e. The predicted octanol–water partition coefficient (Wildman–Crippen LogP) is 6.32. The van der Waals surface area contributed by atoms with Crippen molar-refractivity contribution in [3.8, 4) is 11.3 Å². The summed E-state index contributed by atoms with van der Waals surface area (Å²) in [4.78, 5) is 30.1. The van der Waals surface area contributed by atoms with Crippen molar-refractivity contribution in [2.45, 2.75) is 13.8 Å². The maximum absolute atomic E-state index is 13.0. The lowest BCUT2D eigenvalue weighted by molar-refractivity contribution is 0.0476. The lowest BCUT2D eigenvalue weighted by Gasteiger charge is -2.11. The van der Waals surface area contributed by atoms with Crippen LogP contribution in [0.4, 0.5) is 0 Å². The first-order chi connectivity index (χ1) is 14.9. The maximum atomic E-state index is 13.0. The predicted molar refractivity (Wildman–Crippen MR) is 125 cm³/mol. The number of rotatable bonds is 5. The van der Waals surface area contributed by atoms with Gasteiger partial charge in [-0.15, -0.1) is 0 Å². The van der Waals surface area contributed by atoms with E-state index < -0.39 is 5.97 Å². The summed E-state index contributed by atoms with van der Waals surface area (Å²) in [5.74, 6) is -0.803. The summed E-state index contributed by atoms with van der Waals surface area (Å²) in [7, 11) is 0. The zero-order chi connectivity index (χ0) is 22.0. The molecule has 0 fully saturated rings. The van der Waals surface area contributed by atoms with Crippen LogP contribution in [0.5, 0.6) is 0 Å². The van der Waals surface area contributed by atoms with Crippen molar-refractivity contribution < 1.29 is 14.3 Å². The first-order valence-electron chi connectivity index (χ1n) is 9.85. The van der Waals surface area contributed by atoms with Crippen molar-refractivity contribution >= 4 is 38.6 Å². The summed E-state index contributed by atoms with van der Waals surface area (Å²) in [6, 6.07) is 22.2. The van der Waals surface area contributed by atoms with Crippen LogP contribution in [0.3, 0.4) is 0 Å². The smallest absolute Gasteiger partial charge is 0.339 e. The molecular weight excluding hydrogens is 454 g/mol. The highest BCUT2D eigenvalue weighted by Crippen LogP contribution is 2.28. The number of Topliss-reactive ketones (excluding diaryl/α,β-unsaturated/α-hetero) is 1. The van der Waals surface area contributed by atoms with E-state index in [0.717, 1.165) is 15.6 Å². The molecule has 3 aromatic carbocycles. The highest BCUT2D eigenvalue weighted by Gasteiger charge is 2.18. The van der Waals surface area contributed by atoms with Crippen LogP contribution in [-0.4, -0.2) is 23.3 Å². The molecule has 4 nitrogen and oxygen atoms in total. The molecule has 0 N–H and O–H groups in total. The molecule has 0 aliphatic heterocycles. The zero-order valence-corrected chi connectivity index (χ0v) is 18.8. The molecule has 0 aliphatic carbocycles. The SMILES string of the molecule is Cc1ccc(-c2cc(C(=O)OCC(=O)c3ccccc3)c3cc(Br)ccc3n2)cc1C. The monoisotopic (exact) mass is 473 g/mol. The summed E-state index contributed by atoms with van der Waals surface area (Å²) in [5, 5.41) is 0.666. The fraction of sp³-hybridized carbons (Fsp3) is 0.115. The van der Waals surface area contributed by atoms with Crippen molar-refractivity contribution in [1.82, 2.24) is 4.98 Å². The molecule has 0 radical (unpaired) electrons. The van der Waals surface area contributed by atoms with Crippen molar-refractivity contribution in [1.29, 1.82) is 0 Å². The standard InChI is InChI=1S/C26H20BrNO3/c1-16-8-9-19(12-17(16)2)24-14-22(21-13-20(27)10-11-23(21)28-24)26(30)31-15-25(29)18-6-4-3-5-7-18/h3-14H,15H2,1-2H3. The summed E-state index contributed by atoms with van der Waals surface area (Å²) in [5.41, 5.74) is 5.50. The molecule has 0 bridgehead atoms. The molecule has 0 atom stereocenters. The zero-order valence-electron chi connectivity index (χ0n) is 17.2. The van der Waals surface area contributed by atoms with Gasteiger partial charge in [-0.1, -0.05) is 58.4 Å². The number of ether oxygens (including phenoxy) is 1. The summed E-state index contributed by atoms with van der Waals surface area (Å²) in [6.07, 6.45) is 0. The van der Waals surface area contributed by atoms with Crippen LogP contribution in [0.2, 0.25) is 0 Å². The number of esters is 1. The molecule has 154 valence electrons. The molecular formula is C26H20BrNO3. The molecule has 0 aliphatic rings. The van der Waals surface area contributed by atoms with Crippen LogP contribution in [-0.2, 0) is 4.74 Å². The number of aryl methyl sites for hydroxylation is 2. The molecule has 4 aromatic rings. The highest BCUT2D eigenvalue weighted by molar-refractivity contribution is 9.10. The summed E-state index contributed by atoms with van der Waals surface area (Å²) in [6.45, 7) is 3.78. The topological polar surface area (TPSA) is 56.3 Å². The van der Waals surface area contributed by atoms with E-state index in [0.29, 0.717) is 27.7 Å². The third-order valence-corrected chi connectivity index (χ3v) is 5.72. The Kier molecular flexibility index (Phi) is 5.96. The van der Waals surface area contributed by atoms with Gasteiger partial charge in [0.2, 0.25) is 0 Å². The van der Waals surface area contributed by atoms with Crippen molar-refractivity contribution in [2.24, 2.45) is 0 Å². The number of fused-ring (bicyclic) bond motifs is 1. The Morgan fingerprint density at radius 2 is 1.68 bits per heavy atom.